The third kappa shape index (κ3) is 27.5. The summed E-state index contributed by atoms with van der Waals surface area (Å²) in [6.07, 6.45) is 16.8. The lowest BCUT2D eigenvalue weighted by molar-refractivity contribution is -0.118. The van der Waals surface area contributed by atoms with Crippen LogP contribution in [0, 0.1) is 11.8 Å². The van der Waals surface area contributed by atoms with E-state index in [9.17, 15) is 19.2 Å². The predicted molar refractivity (Wildman–Crippen MR) is 193 cm³/mol. The number of thioether (sulfide) groups is 1. The number of alkyl carbamates (subject to hydrolysis) is 1. The summed E-state index contributed by atoms with van der Waals surface area (Å²) in [4.78, 5) is 47.3. The third-order valence-corrected chi connectivity index (χ3v) is 7.12. The number of hydrogen-bond donors (Lipinski definition) is 2. The fourth-order valence-corrected chi connectivity index (χ4v) is 4.54. The Morgan fingerprint density at radius 1 is 0.851 bits per heavy atom. The topological polar surface area (TPSA) is 120 Å². The van der Waals surface area contributed by atoms with Gasteiger partial charge in [0, 0.05) is 38.1 Å². The molecule has 47 heavy (non-hydrogen) atoms. The van der Waals surface area contributed by atoms with Gasteiger partial charge in [0.25, 0.3) is 0 Å². The van der Waals surface area contributed by atoms with Crippen LogP contribution < -0.4 is 10.6 Å². The highest BCUT2D eigenvalue weighted by Gasteiger charge is 2.24. The summed E-state index contributed by atoms with van der Waals surface area (Å²) in [5.74, 6) is 0.574. The van der Waals surface area contributed by atoms with Crippen molar-refractivity contribution in [3.8, 4) is 0 Å². The average molecular weight is 677 g/mol. The normalized spacial score (nSPS) is 15.0. The summed E-state index contributed by atoms with van der Waals surface area (Å²) in [7, 11) is 0. The number of carbonyl (C=O) groups is 4. The van der Waals surface area contributed by atoms with Crippen molar-refractivity contribution in [1.29, 1.82) is 0 Å². The van der Waals surface area contributed by atoms with Crippen molar-refractivity contribution in [2.24, 2.45) is 11.8 Å². The molecule has 0 radical (unpaired) electrons. The van der Waals surface area contributed by atoms with E-state index in [-0.39, 0.29) is 23.0 Å². The molecule has 0 fully saturated rings. The molecule has 0 aliphatic carbocycles. The summed E-state index contributed by atoms with van der Waals surface area (Å²) in [6.45, 7) is 21.6. The van der Waals surface area contributed by atoms with Gasteiger partial charge in [0.05, 0.1) is 0 Å². The van der Waals surface area contributed by atoms with Gasteiger partial charge in [0.15, 0.2) is 0 Å². The number of amides is 2. The summed E-state index contributed by atoms with van der Waals surface area (Å²) < 4.78 is 16.4. The number of hydrogen-bond acceptors (Lipinski definition) is 8. The van der Waals surface area contributed by atoms with Crippen LogP contribution in [-0.2, 0) is 23.8 Å². The molecule has 0 aliphatic rings. The Kier molecular flexibility index (Phi) is 21.5. The van der Waals surface area contributed by atoms with E-state index in [4.69, 9.17) is 14.2 Å². The zero-order valence-electron chi connectivity index (χ0n) is 30.6. The maximum Gasteiger partial charge on any atom is 0.509 e. The van der Waals surface area contributed by atoms with E-state index in [2.05, 4.69) is 55.7 Å². The number of nitrogens with one attached hydrogen (secondary N) is 2. The molecule has 0 aromatic rings. The van der Waals surface area contributed by atoms with Gasteiger partial charge in [-0.05, 0) is 86.6 Å². The maximum atomic E-state index is 12.5. The molecule has 0 saturated heterocycles. The molecule has 0 aliphatic heterocycles. The molecule has 10 heteroatoms. The van der Waals surface area contributed by atoms with Crippen LogP contribution in [0.4, 0.5) is 9.59 Å². The van der Waals surface area contributed by atoms with Crippen molar-refractivity contribution >= 4 is 35.0 Å². The number of rotatable bonds is 18. The zero-order chi connectivity index (χ0) is 36.0. The van der Waals surface area contributed by atoms with Gasteiger partial charge < -0.3 is 24.8 Å². The molecule has 0 unspecified atom stereocenters. The summed E-state index contributed by atoms with van der Waals surface area (Å²) in [5, 5.41) is 5.38. The van der Waals surface area contributed by atoms with E-state index in [0.29, 0.717) is 31.2 Å². The minimum absolute atomic E-state index is 0.104. The molecular formula is C37H60N2O7S. The molecular weight excluding hydrogens is 616 g/mol. The first-order valence-electron chi connectivity index (χ1n) is 16.4. The minimum Gasteiger partial charge on any atom is -0.444 e. The van der Waals surface area contributed by atoms with Crippen LogP contribution in [0.1, 0.15) is 102 Å². The van der Waals surface area contributed by atoms with Gasteiger partial charge in [-0.15, -0.1) is 0 Å². The van der Waals surface area contributed by atoms with Gasteiger partial charge in [-0.3, -0.25) is 9.59 Å². The monoisotopic (exact) mass is 676 g/mol. The van der Waals surface area contributed by atoms with Gasteiger partial charge in [-0.25, -0.2) is 9.59 Å². The summed E-state index contributed by atoms with van der Waals surface area (Å²) in [6, 6.07) is 0. The highest BCUT2D eigenvalue weighted by atomic mass is 32.2. The van der Waals surface area contributed by atoms with Crippen LogP contribution in [0.15, 0.2) is 59.8 Å². The lowest BCUT2D eigenvalue weighted by atomic mass is 9.98. The third-order valence-electron chi connectivity index (χ3n) is 6.29. The van der Waals surface area contributed by atoms with Crippen LogP contribution in [0.2, 0.25) is 0 Å². The standard InChI is InChI=1S/C37H60N2O7S/c1-27(17-13-12-14-18-29(3)26-39-34(42)45-36(6,7)8)25-28(2)21-22-32(44-35(43)46-37(9,10)11)30(4)19-15-16-20-33(41)47-24-23-38-31(5)40/h12-13,15-17,19-21,29-30,32H,14,18,22-26H2,1-11H3,(H,38,40)(H,39,42)/b13-12+,19-15+,20-16+,27-17+,28-21+/t29-,30-,32-/m0/s1. The van der Waals surface area contributed by atoms with Gasteiger partial charge in [0.2, 0.25) is 11.0 Å². The highest BCUT2D eigenvalue weighted by molar-refractivity contribution is 8.14. The first kappa shape index (κ1) is 43.7. The van der Waals surface area contributed by atoms with Crippen molar-refractivity contribution in [2.75, 3.05) is 18.8 Å². The van der Waals surface area contributed by atoms with E-state index in [0.717, 1.165) is 36.6 Å². The fraction of sp³-hybridized carbons (Fsp3) is 0.622. The molecule has 3 atom stereocenters. The largest absolute Gasteiger partial charge is 0.509 e. The molecule has 2 amide bonds. The van der Waals surface area contributed by atoms with Crippen molar-refractivity contribution in [1.82, 2.24) is 10.6 Å². The van der Waals surface area contributed by atoms with E-state index in [1.807, 2.05) is 33.8 Å². The second-order valence-corrected chi connectivity index (χ2v) is 14.9. The van der Waals surface area contributed by atoms with Crippen LogP contribution >= 0.6 is 11.8 Å². The average Bonchev–Trinajstić information content (AvgIpc) is 2.92. The zero-order valence-corrected chi connectivity index (χ0v) is 31.4. The van der Waals surface area contributed by atoms with Crippen LogP contribution in [0.3, 0.4) is 0 Å². The van der Waals surface area contributed by atoms with Crippen LogP contribution in [0.25, 0.3) is 0 Å². The molecule has 0 bridgehead atoms. The highest BCUT2D eigenvalue weighted by Crippen LogP contribution is 2.20. The van der Waals surface area contributed by atoms with Gasteiger partial charge in [-0.2, -0.15) is 0 Å². The Morgan fingerprint density at radius 3 is 2.13 bits per heavy atom. The number of allylic oxidation sites excluding steroid dienone is 7. The predicted octanol–water partition coefficient (Wildman–Crippen LogP) is 8.62. The van der Waals surface area contributed by atoms with Crippen molar-refractivity contribution in [2.45, 2.75) is 119 Å². The van der Waals surface area contributed by atoms with Crippen LogP contribution in [-0.4, -0.2) is 59.4 Å². The Labute approximate surface area is 288 Å². The van der Waals surface area contributed by atoms with Crippen molar-refractivity contribution in [3.63, 3.8) is 0 Å². The molecule has 0 saturated carbocycles. The first-order valence-corrected chi connectivity index (χ1v) is 17.4. The molecule has 0 spiro atoms. The van der Waals surface area contributed by atoms with Gasteiger partial charge >= 0.3 is 12.2 Å². The number of ether oxygens (including phenoxy) is 3. The SMILES string of the molecule is CC(=O)NCCSC(=O)/C=C/C=C/[C@H](C)[C@H](C/C=C(\C)C/C(C)=C/C=C/CC[C@H](C)CNC(=O)OC(C)(C)C)OC(=O)OC(C)(C)C. The summed E-state index contributed by atoms with van der Waals surface area (Å²) >= 11 is 1.13. The molecule has 0 aromatic carbocycles. The van der Waals surface area contributed by atoms with E-state index in [1.165, 1.54) is 18.6 Å². The smallest absolute Gasteiger partial charge is 0.444 e. The lowest BCUT2D eigenvalue weighted by Gasteiger charge is -2.24. The molecule has 0 aromatic heterocycles. The summed E-state index contributed by atoms with van der Waals surface area (Å²) in [5.41, 5.74) is 1.19. The Bertz CT molecular complexity index is 1140. The van der Waals surface area contributed by atoms with E-state index < -0.39 is 23.5 Å². The van der Waals surface area contributed by atoms with E-state index >= 15 is 0 Å². The molecule has 266 valence electrons. The van der Waals surface area contributed by atoms with Gasteiger partial charge in [0.1, 0.15) is 17.3 Å². The fourth-order valence-electron chi connectivity index (χ4n) is 3.96. The maximum absolute atomic E-state index is 12.5. The second-order valence-electron chi connectivity index (χ2n) is 13.8. The quantitative estimate of drug-likeness (QED) is 0.0487. The number of carbonyl (C=O) groups excluding carboxylic acids is 4. The van der Waals surface area contributed by atoms with Crippen LogP contribution in [0.5, 0.6) is 0 Å². The first-order chi connectivity index (χ1) is 21.8. The Hall–Kier alpha value is -3.27. The van der Waals surface area contributed by atoms with Gasteiger partial charge in [-0.1, -0.05) is 79.3 Å². The Balaban J connectivity index is 5.05. The Morgan fingerprint density at radius 2 is 1.51 bits per heavy atom. The second kappa shape index (κ2) is 23.1. The molecule has 2 N–H and O–H groups in total. The van der Waals surface area contributed by atoms with Crippen molar-refractivity contribution < 1.29 is 33.4 Å². The van der Waals surface area contributed by atoms with E-state index in [1.54, 1.807) is 32.9 Å². The minimum atomic E-state index is -0.716. The lowest BCUT2D eigenvalue weighted by Crippen LogP contribution is -2.34. The van der Waals surface area contributed by atoms with Crippen molar-refractivity contribution in [3.05, 3.63) is 59.8 Å². The molecule has 0 rings (SSSR count). The molecule has 0 heterocycles. The molecule has 9 nitrogen and oxygen atoms in total.